The number of carbonyl (C=O) groups is 1. The van der Waals surface area contributed by atoms with Crippen LogP contribution in [0.1, 0.15) is 17.8 Å². The van der Waals surface area contributed by atoms with Crippen LogP contribution in [0, 0.1) is 0 Å². The molecular formula is C19H21N3OS. The van der Waals surface area contributed by atoms with E-state index < -0.39 is 0 Å². The van der Waals surface area contributed by atoms with E-state index >= 15 is 0 Å². The number of carbonyl (C=O) groups excluding carboxylic acids is 1. The van der Waals surface area contributed by atoms with Crippen LogP contribution in [0.2, 0.25) is 0 Å². The summed E-state index contributed by atoms with van der Waals surface area (Å²) in [6.07, 6.45) is 4.07. The van der Waals surface area contributed by atoms with Gasteiger partial charge in [0, 0.05) is 32.6 Å². The number of amides is 1. The predicted octanol–water partition coefficient (Wildman–Crippen LogP) is 3.44. The molecule has 0 saturated carbocycles. The quantitative estimate of drug-likeness (QED) is 0.717. The van der Waals surface area contributed by atoms with Gasteiger partial charge in [-0.15, -0.1) is 11.3 Å². The highest BCUT2D eigenvalue weighted by Crippen LogP contribution is 2.23. The molecule has 0 radical (unpaired) electrons. The second kappa shape index (κ2) is 7.93. The monoisotopic (exact) mass is 339 g/mol. The number of nitrogens with zero attached hydrogens (tertiary/aromatic N) is 2. The minimum Gasteiger partial charge on any atom is -0.356 e. The maximum Gasteiger partial charge on any atom is 0.220 e. The van der Waals surface area contributed by atoms with Crippen LogP contribution in [0.25, 0.3) is 10.6 Å². The summed E-state index contributed by atoms with van der Waals surface area (Å²) in [6.45, 7) is 0.613. The molecule has 3 aromatic rings. The molecule has 0 bridgehead atoms. The first-order valence-corrected chi connectivity index (χ1v) is 8.97. The lowest BCUT2D eigenvalue weighted by atomic mass is 10.1. The van der Waals surface area contributed by atoms with Gasteiger partial charge < -0.3 is 9.88 Å². The molecular weight excluding hydrogens is 318 g/mol. The van der Waals surface area contributed by atoms with Crippen LogP contribution in [-0.2, 0) is 24.7 Å². The lowest BCUT2D eigenvalue weighted by molar-refractivity contribution is -0.121. The molecule has 1 N–H and O–H groups in total. The lowest BCUT2D eigenvalue weighted by Gasteiger charge is -2.05. The van der Waals surface area contributed by atoms with Gasteiger partial charge in [-0.25, -0.2) is 4.98 Å². The Hall–Kier alpha value is -2.40. The van der Waals surface area contributed by atoms with Gasteiger partial charge in [0.1, 0.15) is 5.82 Å². The van der Waals surface area contributed by atoms with Gasteiger partial charge in [-0.1, -0.05) is 36.4 Å². The number of rotatable bonds is 7. The molecule has 24 heavy (non-hydrogen) atoms. The van der Waals surface area contributed by atoms with E-state index in [-0.39, 0.29) is 5.91 Å². The van der Waals surface area contributed by atoms with Crippen molar-refractivity contribution in [2.75, 3.05) is 6.54 Å². The van der Waals surface area contributed by atoms with Crippen molar-refractivity contribution >= 4 is 17.2 Å². The Bertz CT molecular complexity index is 778. The molecule has 0 fully saturated rings. The fourth-order valence-corrected chi connectivity index (χ4v) is 3.26. The maximum absolute atomic E-state index is 11.9. The van der Waals surface area contributed by atoms with Crippen LogP contribution < -0.4 is 5.32 Å². The summed E-state index contributed by atoms with van der Waals surface area (Å²) in [5, 5.41) is 5.04. The Morgan fingerprint density at radius 2 is 2.00 bits per heavy atom. The third-order valence-corrected chi connectivity index (χ3v) is 4.79. The van der Waals surface area contributed by atoms with Crippen LogP contribution in [-0.4, -0.2) is 22.0 Å². The van der Waals surface area contributed by atoms with E-state index in [0.717, 1.165) is 24.4 Å². The van der Waals surface area contributed by atoms with Crippen molar-refractivity contribution < 1.29 is 4.79 Å². The zero-order valence-electron chi connectivity index (χ0n) is 13.7. The fourth-order valence-electron chi connectivity index (χ4n) is 2.58. The molecule has 0 atom stereocenters. The number of hydrogen-bond donors (Lipinski definition) is 1. The van der Waals surface area contributed by atoms with Crippen LogP contribution in [0.4, 0.5) is 0 Å². The SMILES string of the molecule is Cn1cc(-c2cccs2)nc1CCNC(=O)CCc1ccccc1. The molecule has 2 aromatic heterocycles. The molecule has 1 amide bonds. The van der Waals surface area contributed by atoms with Gasteiger partial charge in [-0.05, 0) is 23.4 Å². The fraction of sp³-hybridized carbons (Fsp3) is 0.263. The molecule has 0 spiro atoms. The third kappa shape index (κ3) is 4.32. The summed E-state index contributed by atoms with van der Waals surface area (Å²) in [5.41, 5.74) is 2.19. The van der Waals surface area contributed by atoms with E-state index in [1.165, 1.54) is 10.4 Å². The number of aryl methyl sites for hydroxylation is 2. The minimum absolute atomic E-state index is 0.0894. The van der Waals surface area contributed by atoms with Gasteiger partial charge in [0.05, 0.1) is 10.6 Å². The molecule has 0 unspecified atom stereocenters. The first-order valence-electron chi connectivity index (χ1n) is 8.09. The first-order chi connectivity index (χ1) is 11.7. The van der Waals surface area contributed by atoms with E-state index in [0.29, 0.717) is 13.0 Å². The van der Waals surface area contributed by atoms with Crippen molar-refractivity contribution in [1.82, 2.24) is 14.9 Å². The molecule has 0 aliphatic carbocycles. The molecule has 5 heteroatoms. The van der Waals surface area contributed by atoms with Crippen molar-refractivity contribution in [1.29, 1.82) is 0 Å². The van der Waals surface area contributed by atoms with E-state index in [4.69, 9.17) is 0 Å². The molecule has 0 aliphatic heterocycles. The Labute approximate surface area is 146 Å². The Morgan fingerprint density at radius 3 is 2.75 bits per heavy atom. The van der Waals surface area contributed by atoms with Crippen molar-refractivity contribution in [3.8, 4) is 10.6 Å². The number of nitrogens with one attached hydrogen (secondary N) is 1. The topological polar surface area (TPSA) is 46.9 Å². The molecule has 0 saturated heterocycles. The normalized spacial score (nSPS) is 10.7. The molecule has 0 aliphatic rings. The standard InChI is InChI=1S/C19H21N3OS/c1-22-14-16(17-8-5-13-24-17)21-18(22)11-12-20-19(23)10-9-15-6-3-2-4-7-15/h2-8,13-14H,9-12H2,1H3,(H,20,23). The molecule has 3 rings (SSSR count). The molecule has 4 nitrogen and oxygen atoms in total. The smallest absolute Gasteiger partial charge is 0.220 e. The van der Waals surface area contributed by atoms with Gasteiger partial charge in [-0.2, -0.15) is 0 Å². The summed E-state index contributed by atoms with van der Waals surface area (Å²) in [6, 6.07) is 14.2. The molecule has 2 heterocycles. The van der Waals surface area contributed by atoms with Crippen LogP contribution in [0.15, 0.2) is 54.0 Å². The van der Waals surface area contributed by atoms with E-state index in [2.05, 4.69) is 21.7 Å². The minimum atomic E-state index is 0.0894. The van der Waals surface area contributed by atoms with Gasteiger partial charge in [0.15, 0.2) is 0 Å². The predicted molar refractivity (Wildman–Crippen MR) is 98.0 cm³/mol. The Kier molecular flexibility index (Phi) is 5.43. The van der Waals surface area contributed by atoms with Crippen molar-refractivity contribution in [3.63, 3.8) is 0 Å². The Balaban J connectivity index is 1.45. The largest absolute Gasteiger partial charge is 0.356 e. The van der Waals surface area contributed by atoms with Crippen LogP contribution in [0.5, 0.6) is 0 Å². The number of imidazole rings is 1. The van der Waals surface area contributed by atoms with E-state index in [1.807, 2.05) is 54.2 Å². The van der Waals surface area contributed by atoms with E-state index in [9.17, 15) is 4.79 Å². The van der Waals surface area contributed by atoms with Crippen LogP contribution in [0.3, 0.4) is 0 Å². The lowest BCUT2D eigenvalue weighted by Crippen LogP contribution is -2.26. The average molecular weight is 339 g/mol. The molecule has 124 valence electrons. The highest BCUT2D eigenvalue weighted by atomic mass is 32.1. The summed E-state index contributed by atoms with van der Waals surface area (Å²) in [7, 11) is 2.00. The van der Waals surface area contributed by atoms with E-state index in [1.54, 1.807) is 11.3 Å². The number of thiophene rings is 1. The zero-order chi connectivity index (χ0) is 16.8. The maximum atomic E-state index is 11.9. The summed E-state index contributed by atoms with van der Waals surface area (Å²) < 4.78 is 2.03. The number of benzene rings is 1. The van der Waals surface area contributed by atoms with Crippen molar-refractivity contribution in [3.05, 3.63) is 65.4 Å². The first kappa shape index (κ1) is 16.5. The summed E-state index contributed by atoms with van der Waals surface area (Å²) in [4.78, 5) is 17.8. The number of hydrogen-bond acceptors (Lipinski definition) is 3. The third-order valence-electron chi connectivity index (χ3n) is 3.90. The van der Waals surface area contributed by atoms with Gasteiger partial charge in [-0.3, -0.25) is 4.79 Å². The van der Waals surface area contributed by atoms with Crippen molar-refractivity contribution in [2.45, 2.75) is 19.3 Å². The average Bonchev–Trinajstić information content (AvgIpc) is 3.24. The van der Waals surface area contributed by atoms with Gasteiger partial charge >= 0.3 is 0 Å². The van der Waals surface area contributed by atoms with Crippen LogP contribution >= 0.6 is 11.3 Å². The highest BCUT2D eigenvalue weighted by molar-refractivity contribution is 7.13. The van der Waals surface area contributed by atoms with Crippen molar-refractivity contribution in [2.24, 2.45) is 7.05 Å². The second-order valence-electron chi connectivity index (χ2n) is 5.72. The van der Waals surface area contributed by atoms with Gasteiger partial charge in [0.25, 0.3) is 0 Å². The highest BCUT2D eigenvalue weighted by Gasteiger charge is 2.08. The Morgan fingerprint density at radius 1 is 1.17 bits per heavy atom. The number of aromatic nitrogens is 2. The van der Waals surface area contributed by atoms with Gasteiger partial charge in [0.2, 0.25) is 5.91 Å². The summed E-state index contributed by atoms with van der Waals surface area (Å²) in [5.74, 6) is 1.08. The zero-order valence-corrected chi connectivity index (χ0v) is 14.6. The summed E-state index contributed by atoms with van der Waals surface area (Å²) >= 11 is 1.69. The second-order valence-corrected chi connectivity index (χ2v) is 6.66. The molecule has 1 aromatic carbocycles.